The Labute approximate surface area is 165 Å². The molecule has 6 nitrogen and oxygen atoms in total. The smallest absolute Gasteiger partial charge is 0.241 e. The monoisotopic (exact) mass is 410 g/mol. The van der Waals surface area contributed by atoms with Crippen molar-refractivity contribution >= 4 is 33.2 Å². The van der Waals surface area contributed by atoms with Crippen LogP contribution in [0.2, 0.25) is 5.02 Å². The molecule has 27 heavy (non-hydrogen) atoms. The molecule has 2 rings (SSSR count). The Kier molecular flexibility index (Phi) is 7.10. The summed E-state index contributed by atoms with van der Waals surface area (Å²) in [7, 11) is -2.06. The molecule has 1 N–H and O–H groups in total. The van der Waals surface area contributed by atoms with Crippen molar-refractivity contribution in [1.82, 2.24) is 5.32 Å². The normalized spacial score (nSPS) is 12.3. The summed E-state index contributed by atoms with van der Waals surface area (Å²) in [5.41, 5.74) is 1.26. The molecule has 0 unspecified atom stereocenters. The number of benzene rings is 2. The van der Waals surface area contributed by atoms with Crippen molar-refractivity contribution in [2.24, 2.45) is 0 Å². The van der Waals surface area contributed by atoms with E-state index in [4.69, 9.17) is 16.3 Å². The minimum atomic E-state index is -3.65. The molecule has 1 atom stereocenters. The van der Waals surface area contributed by atoms with Crippen molar-refractivity contribution in [2.45, 2.75) is 19.4 Å². The quantitative estimate of drug-likeness (QED) is 0.723. The molecule has 1 amide bonds. The maximum Gasteiger partial charge on any atom is 0.241 e. The standard InChI is InChI=1S/C19H23ClN2O4S/c1-4-18(14-8-10-17(26-2)11-9-14)21-19(23)13-22(27(3,24)25)16-7-5-6-15(20)12-16/h5-12,18H,4,13H2,1-3H3,(H,21,23)/t18-/m1/s1. The van der Waals surface area contributed by atoms with Crippen LogP contribution < -0.4 is 14.4 Å². The number of hydrogen-bond acceptors (Lipinski definition) is 4. The van der Waals surface area contributed by atoms with Crippen LogP contribution in [0, 0.1) is 0 Å². The van der Waals surface area contributed by atoms with Gasteiger partial charge in [0.1, 0.15) is 12.3 Å². The lowest BCUT2D eigenvalue weighted by atomic mass is 10.0. The van der Waals surface area contributed by atoms with Crippen molar-refractivity contribution in [1.29, 1.82) is 0 Å². The lowest BCUT2D eigenvalue weighted by Gasteiger charge is -2.24. The first-order valence-corrected chi connectivity index (χ1v) is 10.6. The summed E-state index contributed by atoms with van der Waals surface area (Å²) in [6, 6.07) is 13.5. The van der Waals surface area contributed by atoms with Gasteiger partial charge in [0.25, 0.3) is 0 Å². The molecule has 0 aliphatic carbocycles. The Bertz CT molecular complexity index is 885. The summed E-state index contributed by atoms with van der Waals surface area (Å²) in [5.74, 6) is 0.326. The van der Waals surface area contributed by atoms with E-state index in [9.17, 15) is 13.2 Å². The highest BCUT2D eigenvalue weighted by atomic mass is 35.5. The molecular formula is C19H23ClN2O4S. The maximum atomic E-state index is 12.5. The van der Waals surface area contributed by atoms with Gasteiger partial charge in [-0.3, -0.25) is 9.10 Å². The fourth-order valence-corrected chi connectivity index (χ4v) is 3.69. The first-order valence-electron chi connectivity index (χ1n) is 8.41. The molecule has 0 aromatic heterocycles. The minimum absolute atomic E-state index is 0.232. The molecule has 0 saturated carbocycles. The van der Waals surface area contributed by atoms with E-state index >= 15 is 0 Å². The molecule has 0 aliphatic heterocycles. The summed E-state index contributed by atoms with van der Waals surface area (Å²) >= 11 is 5.95. The number of methoxy groups -OCH3 is 1. The van der Waals surface area contributed by atoms with Crippen LogP contribution in [0.3, 0.4) is 0 Å². The third-order valence-corrected chi connectivity index (χ3v) is 5.42. The number of hydrogen-bond donors (Lipinski definition) is 1. The zero-order valence-electron chi connectivity index (χ0n) is 15.5. The van der Waals surface area contributed by atoms with Gasteiger partial charge >= 0.3 is 0 Å². The van der Waals surface area contributed by atoms with E-state index in [1.807, 2.05) is 31.2 Å². The molecule has 8 heteroatoms. The predicted molar refractivity (Wildman–Crippen MR) is 108 cm³/mol. The van der Waals surface area contributed by atoms with Crippen LogP contribution in [0.25, 0.3) is 0 Å². The van der Waals surface area contributed by atoms with Crippen molar-refractivity contribution in [2.75, 3.05) is 24.2 Å². The molecule has 146 valence electrons. The molecule has 0 heterocycles. The van der Waals surface area contributed by atoms with Crippen molar-refractivity contribution in [3.8, 4) is 5.75 Å². The summed E-state index contributed by atoms with van der Waals surface area (Å²) in [6.45, 7) is 1.62. The Hall–Kier alpha value is -2.25. The average Bonchev–Trinajstić information content (AvgIpc) is 2.63. The summed E-state index contributed by atoms with van der Waals surface area (Å²) < 4.78 is 30.5. The van der Waals surface area contributed by atoms with Gasteiger partial charge in [-0.05, 0) is 42.3 Å². The van der Waals surface area contributed by atoms with E-state index < -0.39 is 15.9 Å². The number of carbonyl (C=O) groups excluding carboxylic acids is 1. The fourth-order valence-electron chi connectivity index (χ4n) is 2.66. The van der Waals surface area contributed by atoms with Crippen LogP contribution in [0.1, 0.15) is 24.9 Å². The van der Waals surface area contributed by atoms with Crippen LogP contribution in [0.5, 0.6) is 5.75 Å². The van der Waals surface area contributed by atoms with Crippen LogP contribution in [0.15, 0.2) is 48.5 Å². The van der Waals surface area contributed by atoms with Gasteiger partial charge in [0, 0.05) is 5.02 Å². The summed E-state index contributed by atoms with van der Waals surface area (Å²) in [4.78, 5) is 12.5. The lowest BCUT2D eigenvalue weighted by molar-refractivity contribution is -0.120. The largest absolute Gasteiger partial charge is 0.497 e. The maximum absolute atomic E-state index is 12.5. The van der Waals surface area contributed by atoms with E-state index in [0.717, 1.165) is 21.9 Å². The van der Waals surface area contributed by atoms with Gasteiger partial charge in [-0.25, -0.2) is 8.42 Å². The van der Waals surface area contributed by atoms with Crippen LogP contribution in [-0.2, 0) is 14.8 Å². The molecule has 2 aromatic carbocycles. The highest BCUT2D eigenvalue weighted by molar-refractivity contribution is 7.92. The molecule has 2 aromatic rings. The fraction of sp³-hybridized carbons (Fsp3) is 0.316. The zero-order valence-corrected chi connectivity index (χ0v) is 17.0. The zero-order chi connectivity index (χ0) is 20.0. The van der Waals surface area contributed by atoms with Gasteiger partial charge in [0.05, 0.1) is 25.1 Å². The highest BCUT2D eigenvalue weighted by Crippen LogP contribution is 2.23. The first-order chi connectivity index (χ1) is 12.7. The van der Waals surface area contributed by atoms with E-state index in [1.54, 1.807) is 25.3 Å². The molecule has 0 spiro atoms. The highest BCUT2D eigenvalue weighted by Gasteiger charge is 2.22. The number of halogens is 1. The van der Waals surface area contributed by atoms with Crippen LogP contribution in [-0.4, -0.2) is 34.2 Å². The number of anilines is 1. The van der Waals surface area contributed by atoms with Gasteiger partial charge in [0.2, 0.25) is 15.9 Å². The Morgan fingerprint density at radius 2 is 1.89 bits per heavy atom. The van der Waals surface area contributed by atoms with E-state index in [1.165, 1.54) is 6.07 Å². The minimum Gasteiger partial charge on any atom is -0.497 e. The van der Waals surface area contributed by atoms with Gasteiger partial charge in [-0.15, -0.1) is 0 Å². The number of ether oxygens (including phenoxy) is 1. The van der Waals surface area contributed by atoms with Crippen molar-refractivity contribution in [3.63, 3.8) is 0 Å². The number of amides is 1. The van der Waals surface area contributed by atoms with E-state index in [0.29, 0.717) is 17.1 Å². The van der Waals surface area contributed by atoms with Crippen molar-refractivity contribution in [3.05, 3.63) is 59.1 Å². The number of sulfonamides is 1. The molecule has 0 radical (unpaired) electrons. The van der Waals surface area contributed by atoms with Gasteiger partial charge in [-0.2, -0.15) is 0 Å². The predicted octanol–water partition coefficient (Wildman–Crippen LogP) is 3.38. The number of nitrogens with one attached hydrogen (secondary N) is 1. The lowest BCUT2D eigenvalue weighted by Crippen LogP contribution is -2.41. The molecule has 0 fully saturated rings. The van der Waals surface area contributed by atoms with Crippen LogP contribution in [0.4, 0.5) is 5.69 Å². The van der Waals surface area contributed by atoms with Gasteiger partial charge in [-0.1, -0.05) is 36.7 Å². The third-order valence-electron chi connectivity index (χ3n) is 4.05. The van der Waals surface area contributed by atoms with E-state index in [2.05, 4.69) is 5.32 Å². The van der Waals surface area contributed by atoms with E-state index in [-0.39, 0.29) is 12.6 Å². The van der Waals surface area contributed by atoms with Crippen molar-refractivity contribution < 1.29 is 17.9 Å². The number of rotatable bonds is 8. The number of nitrogens with zero attached hydrogens (tertiary/aromatic N) is 1. The second kappa shape index (κ2) is 9.10. The third kappa shape index (κ3) is 5.87. The molecule has 0 saturated heterocycles. The summed E-state index contributed by atoms with van der Waals surface area (Å²) in [5, 5.41) is 3.28. The van der Waals surface area contributed by atoms with Gasteiger partial charge < -0.3 is 10.1 Å². The second-order valence-corrected chi connectivity index (χ2v) is 8.39. The second-order valence-electron chi connectivity index (χ2n) is 6.05. The average molecular weight is 411 g/mol. The Morgan fingerprint density at radius 1 is 1.22 bits per heavy atom. The van der Waals surface area contributed by atoms with Crippen LogP contribution >= 0.6 is 11.6 Å². The Balaban J connectivity index is 2.16. The molecule has 0 aliphatic rings. The SMILES string of the molecule is CC[C@@H](NC(=O)CN(c1cccc(Cl)c1)S(C)(=O)=O)c1ccc(OC)cc1. The van der Waals surface area contributed by atoms with Gasteiger partial charge in [0.15, 0.2) is 0 Å². The topological polar surface area (TPSA) is 75.7 Å². The Morgan fingerprint density at radius 3 is 2.41 bits per heavy atom. The molecular weight excluding hydrogens is 388 g/mol. The molecule has 0 bridgehead atoms. The first kappa shape index (κ1) is 21.1. The summed E-state index contributed by atoms with van der Waals surface area (Å²) in [6.07, 6.45) is 1.72. The number of carbonyl (C=O) groups is 1.